The summed E-state index contributed by atoms with van der Waals surface area (Å²) in [4.78, 5) is 4.23. The van der Waals surface area contributed by atoms with E-state index in [4.69, 9.17) is 4.42 Å². The summed E-state index contributed by atoms with van der Waals surface area (Å²) in [5, 5.41) is 13.4. The zero-order chi connectivity index (χ0) is 14.8. The predicted molar refractivity (Wildman–Crippen MR) is 78.6 cm³/mol. The molecular weight excluding hydrogens is 271 g/mol. The van der Waals surface area contributed by atoms with Gasteiger partial charge in [-0.25, -0.2) is 9.37 Å². The van der Waals surface area contributed by atoms with E-state index >= 15 is 0 Å². The van der Waals surface area contributed by atoms with E-state index in [-0.39, 0.29) is 12.4 Å². The number of aryl methyl sites for hydroxylation is 1. The number of benzene rings is 1. The van der Waals surface area contributed by atoms with Crippen LogP contribution in [-0.2, 0) is 0 Å². The van der Waals surface area contributed by atoms with Crippen molar-refractivity contribution in [1.82, 2.24) is 4.98 Å². The summed E-state index contributed by atoms with van der Waals surface area (Å²) in [6.45, 7) is 1.67. The summed E-state index contributed by atoms with van der Waals surface area (Å²) in [7, 11) is 0. The lowest BCUT2D eigenvalue weighted by Crippen LogP contribution is -2.14. The van der Waals surface area contributed by atoms with Crippen LogP contribution in [0.1, 0.15) is 17.5 Å². The van der Waals surface area contributed by atoms with Gasteiger partial charge in [0.1, 0.15) is 23.1 Å². The molecule has 0 saturated heterocycles. The van der Waals surface area contributed by atoms with Crippen molar-refractivity contribution < 1.29 is 13.9 Å². The summed E-state index contributed by atoms with van der Waals surface area (Å²) in [6, 6.07) is 9.79. The van der Waals surface area contributed by atoms with E-state index in [9.17, 15) is 9.50 Å². The highest BCUT2D eigenvalue weighted by Crippen LogP contribution is 2.28. The van der Waals surface area contributed by atoms with E-state index in [0.717, 1.165) is 0 Å². The number of nitrogens with zero attached hydrogens (tertiary/aromatic N) is 1. The molecule has 0 saturated carbocycles. The highest BCUT2D eigenvalue weighted by atomic mass is 19.1. The number of furan rings is 1. The molecular formula is C16H15FN2O2. The Bertz CT molecular complexity index is 756. The molecule has 0 aliphatic heterocycles. The second-order valence-corrected chi connectivity index (χ2v) is 4.84. The number of para-hydroxylation sites is 1. The molecule has 2 N–H and O–H groups in total. The smallest absolute Gasteiger partial charge is 0.149 e. The van der Waals surface area contributed by atoms with Crippen LogP contribution < -0.4 is 5.32 Å². The summed E-state index contributed by atoms with van der Waals surface area (Å²) in [5.41, 5.74) is 1.73. The SMILES string of the molecule is Cc1cc(NC(CO)c2ccco2)c2cccc(F)c2n1. The number of pyridine rings is 1. The summed E-state index contributed by atoms with van der Waals surface area (Å²) >= 11 is 0. The molecule has 1 atom stereocenters. The number of hydrogen-bond donors (Lipinski definition) is 2. The van der Waals surface area contributed by atoms with E-state index in [1.165, 1.54) is 6.07 Å². The zero-order valence-corrected chi connectivity index (χ0v) is 11.5. The molecule has 1 unspecified atom stereocenters. The first-order chi connectivity index (χ1) is 10.2. The second-order valence-electron chi connectivity index (χ2n) is 4.84. The fraction of sp³-hybridized carbons (Fsp3) is 0.188. The highest BCUT2D eigenvalue weighted by molar-refractivity contribution is 5.91. The lowest BCUT2D eigenvalue weighted by molar-refractivity contribution is 0.261. The normalized spacial score (nSPS) is 12.5. The van der Waals surface area contributed by atoms with Crippen LogP contribution in [-0.4, -0.2) is 16.7 Å². The molecule has 3 rings (SSSR count). The Morgan fingerprint density at radius 2 is 2.19 bits per heavy atom. The Morgan fingerprint density at radius 3 is 2.90 bits per heavy atom. The lowest BCUT2D eigenvalue weighted by atomic mass is 10.1. The van der Waals surface area contributed by atoms with E-state index in [1.807, 2.05) is 6.07 Å². The monoisotopic (exact) mass is 286 g/mol. The number of aromatic nitrogens is 1. The predicted octanol–water partition coefficient (Wildman–Crippen LogP) is 3.42. The third kappa shape index (κ3) is 2.60. The van der Waals surface area contributed by atoms with Crippen molar-refractivity contribution in [3.8, 4) is 0 Å². The molecule has 21 heavy (non-hydrogen) atoms. The van der Waals surface area contributed by atoms with Crippen LogP contribution in [0.4, 0.5) is 10.1 Å². The van der Waals surface area contributed by atoms with Gasteiger partial charge >= 0.3 is 0 Å². The highest BCUT2D eigenvalue weighted by Gasteiger charge is 2.15. The van der Waals surface area contributed by atoms with E-state index in [2.05, 4.69) is 10.3 Å². The van der Waals surface area contributed by atoms with Gasteiger partial charge in [0, 0.05) is 16.8 Å². The van der Waals surface area contributed by atoms with Gasteiger partial charge < -0.3 is 14.8 Å². The van der Waals surface area contributed by atoms with Crippen molar-refractivity contribution in [1.29, 1.82) is 0 Å². The lowest BCUT2D eigenvalue weighted by Gasteiger charge is -2.17. The minimum atomic E-state index is -0.395. The first kappa shape index (κ1) is 13.6. The Balaban J connectivity index is 2.06. The first-order valence-electron chi connectivity index (χ1n) is 6.65. The van der Waals surface area contributed by atoms with E-state index in [0.29, 0.717) is 28.0 Å². The van der Waals surface area contributed by atoms with Crippen molar-refractivity contribution in [3.63, 3.8) is 0 Å². The quantitative estimate of drug-likeness (QED) is 0.771. The summed E-state index contributed by atoms with van der Waals surface area (Å²) in [6.07, 6.45) is 1.55. The molecule has 0 aliphatic carbocycles. The Labute approximate surface area is 121 Å². The maximum atomic E-state index is 13.9. The van der Waals surface area contributed by atoms with Gasteiger partial charge in [0.15, 0.2) is 0 Å². The molecule has 1 aromatic carbocycles. The maximum absolute atomic E-state index is 13.9. The van der Waals surface area contributed by atoms with Gasteiger partial charge in [-0.2, -0.15) is 0 Å². The van der Waals surface area contributed by atoms with Gasteiger partial charge in [-0.3, -0.25) is 0 Å². The van der Waals surface area contributed by atoms with Crippen LogP contribution in [0.2, 0.25) is 0 Å². The van der Waals surface area contributed by atoms with Gasteiger partial charge in [-0.15, -0.1) is 0 Å². The molecule has 4 nitrogen and oxygen atoms in total. The van der Waals surface area contributed by atoms with Crippen molar-refractivity contribution >= 4 is 16.6 Å². The van der Waals surface area contributed by atoms with Crippen LogP contribution in [0.15, 0.2) is 47.1 Å². The van der Waals surface area contributed by atoms with Crippen LogP contribution in [0.3, 0.4) is 0 Å². The molecule has 0 radical (unpaired) electrons. The molecule has 3 aromatic rings. The molecule has 0 fully saturated rings. The number of hydrogen-bond acceptors (Lipinski definition) is 4. The number of anilines is 1. The Morgan fingerprint density at radius 1 is 1.33 bits per heavy atom. The Hall–Kier alpha value is -2.40. The number of nitrogens with one attached hydrogen (secondary N) is 1. The van der Waals surface area contributed by atoms with Crippen LogP contribution in [0.25, 0.3) is 10.9 Å². The maximum Gasteiger partial charge on any atom is 0.149 e. The molecule has 2 aromatic heterocycles. The number of fused-ring (bicyclic) bond motifs is 1. The molecule has 0 aliphatic rings. The van der Waals surface area contributed by atoms with Crippen molar-refractivity contribution in [2.45, 2.75) is 13.0 Å². The van der Waals surface area contributed by atoms with Crippen LogP contribution >= 0.6 is 0 Å². The van der Waals surface area contributed by atoms with E-state index in [1.54, 1.807) is 37.5 Å². The second kappa shape index (κ2) is 5.54. The van der Waals surface area contributed by atoms with Gasteiger partial charge in [0.2, 0.25) is 0 Å². The molecule has 0 bridgehead atoms. The van der Waals surface area contributed by atoms with Crippen molar-refractivity contribution in [2.75, 3.05) is 11.9 Å². The summed E-state index contributed by atoms with van der Waals surface area (Å²) in [5.74, 6) is 0.259. The molecule has 2 heterocycles. The fourth-order valence-electron chi connectivity index (χ4n) is 2.34. The number of aliphatic hydroxyl groups is 1. The first-order valence-corrected chi connectivity index (χ1v) is 6.65. The number of aliphatic hydroxyl groups excluding tert-OH is 1. The topological polar surface area (TPSA) is 58.3 Å². The zero-order valence-electron chi connectivity index (χ0n) is 11.5. The van der Waals surface area contributed by atoms with Crippen molar-refractivity contribution in [2.24, 2.45) is 0 Å². The molecule has 0 spiro atoms. The third-order valence-electron chi connectivity index (χ3n) is 3.32. The van der Waals surface area contributed by atoms with Crippen LogP contribution in [0, 0.1) is 12.7 Å². The largest absolute Gasteiger partial charge is 0.467 e. The molecule has 108 valence electrons. The van der Waals surface area contributed by atoms with Gasteiger partial charge in [0.25, 0.3) is 0 Å². The summed E-state index contributed by atoms with van der Waals surface area (Å²) < 4.78 is 19.2. The standard InChI is InChI=1S/C16H15FN2O2/c1-10-8-13(11-4-2-5-12(17)16(11)18-10)19-14(9-20)15-6-3-7-21-15/h2-8,14,20H,9H2,1H3,(H,18,19). The average molecular weight is 286 g/mol. The fourth-order valence-corrected chi connectivity index (χ4v) is 2.34. The minimum absolute atomic E-state index is 0.133. The number of halogens is 1. The van der Waals surface area contributed by atoms with Gasteiger partial charge in [-0.05, 0) is 31.2 Å². The van der Waals surface area contributed by atoms with Crippen LogP contribution in [0.5, 0.6) is 0 Å². The number of rotatable bonds is 4. The van der Waals surface area contributed by atoms with Crippen molar-refractivity contribution in [3.05, 3.63) is 59.9 Å². The van der Waals surface area contributed by atoms with Gasteiger partial charge in [-0.1, -0.05) is 12.1 Å². The minimum Gasteiger partial charge on any atom is -0.467 e. The van der Waals surface area contributed by atoms with E-state index < -0.39 is 6.04 Å². The molecule has 0 amide bonds. The average Bonchev–Trinajstić information content (AvgIpc) is 2.99. The third-order valence-corrected chi connectivity index (χ3v) is 3.32. The van der Waals surface area contributed by atoms with Gasteiger partial charge in [0.05, 0.1) is 12.9 Å². The molecule has 5 heteroatoms. The Kier molecular flexibility index (Phi) is 3.58.